The number of ether oxygens (including phenoxy) is 1. The number of methoxy groups -OCH3 is 1. The lowest BCUT2D eigenvalue weighted by Crippen LogP contribution is -2.24. The average molecular weight is 259 g/mol. The second-order valence-electron chi connectivity index (χ2n) is 2.33. The number of carboxylic acids is 1. The summed E-state index contributed by atoms with van der Waals surface area (Å²) in [7, 11) is 1.18. The van der Waals surface area contributed by atoms with Crippen LogP contribution in [0.25, 0.3) is 0 Å². The van der Waals surface area contributed by atoms with Crippen LogP contribution in [0.1, 0.15) is 21.0 Å². The zero-order valence-electron chi connectivity index (χ0n) is 7.11. The first-order valence-corrected chi connectivity index (χ1v) is 4.31. The lowest BCUT2D eigenvalue weighted by molar-refractivity contribution is -0.255. The number of carboxylic acid groups (broad SMARTS) is 1. The van der Waals surface area contributed by atoms with E-state index in [-0.39, 0.29) is 11.4 Å². The van der Waals surface area contributed by atoms with Gasteiger partial charge in [0.15, 0.2) is 0 Å². The van der Waals surface area contributed by atoms with Crippen LogP contribution in [-0.4, -0.2) is 24.0 Å². The highest BCUT2D eigenvalue weighted by Gasteiger charge is 2.09. The van der Waals surface area contributed by atoms with Crippen molar-refractivity contribution in [1.82, 2.24) is 4.98 Å². The van der Waals surface area contributed by atoms with E-state index in [1.165, 1.54) is 19.2 Å². The zero-order chi connectivity index (χ0) is 10.7. The molecular weight excluding hydrogens is 254 g/mol. The van der Waals surface area contributed by atoms with Gasteiger partial charge in [-0.2, -0.15) is 0 Å². The Morgan fingerprint density at radius 2 is 2.00 bits per heavy atom. The lowest BCUT2D eigenvalue weighted by atomic mass is 10.3. The van der Waals surface area contributed by atoms with Gasteiger partial charge in [0.1, 0.15) is 5.69 Å². The van der Waals surface area contributed by atoms with Crippen molar-refractivity contribution in [3.8, 4) is 0 Å². The Morgan fingerprint density at radius 3 is 2.50 bits per heavy atom. The van der Waals surface area contributed by atoms with Gasteiger partial charge < -0.3 is 14.6 Å². The molecule has 0 N–H and O–H groups in total. The summed E-state index contributed by atoms with van der Waals surface area (Å²) in [5, 5.41) is 10.5. The Bertz CT molecular complexity index is 391. The highest BCUT2D eigenvalue weighted by molar-refractivity contribution is 9.10. The highest BCUT2D eigenvalue weighted by atomic mass is 79.9. The molecule has 0 radical (unpaired) electrons. The molecule has 14 heavy (non-hydrogen) atoms. The van der Waals surface area contributed by atoms with E-state index >= 15 is 0 Å². The van der Waals surface area contributed by atoms with Crippen LogP contribution in [0.15, 0.2) is 16.6 Å². The molecule has 0 aliphatic carbocycles. The SMILES string of the molecule is COC(=O)c1cc(Br)cc(C(=O)[O-])n1. The van der Waals surface area contributed by atoms with E-state index in [0.717, 1.165) is 0 Å². The van der Waals surface area contributed by atoms with Gasteiger partial charge in [0.05, 0.1) is 18.8 Å². The van der Waals surface area contributed by atoms with Crippen LogP contribution in [-0.2, 0) is 4.74 Å². The molecule has 0 spiro atoms. The molecule has 1 aromatic heterocycles. The maximum absolute atomic E-state index is 11.0. The van der Waals surface area contributed by atoms with Crippen molar-refractivity contribution in [2.75, 3.05) is 7.11 Å². The number of rotatable bonds is 2. The number of aromatic nitrogens is 1. The number of hydrogen-bond donors (Lipinski definition) is 0. The van der Waals surface area contributed by atoms with Gasteiger partial charge in [-0.25, -0.2) is 9.78 Å². The molecule has 0 atom stereocenters. The monoisotopic (exact) mass is 258 g/mol. The predicted molar refractivity (Wildman–Crippen MR) is 47.6 cm³/mol. The number of hydrogen-bond acceptors (Lipinski definition) is 5. The molecular formula is C8H5BrNO4-. The van der Waals surface area contributed by atoms with E-state index in [4.69, 9.17) is 0 Å². The van der Waals surface area contributed by atoms with E-state index in [2.05, 4.69) is 25.7 Å². The number of pyridine rings is 1. The standard InChI is InChI=1S/C8H6BrNO4/c1-14-8(13)6-3-4(9)2-5(10-6)7(11)12/h2-3H,1H3,(H,11,12)/p-1. The molecule has 0 saturated carbocycles. The minimum atomic E-state index is -1.45. The summed E-state index contributed by atoms with van der Waals surface area (Å²) in [6.45, 7) is 0. The fraction of sp³-hybridized carbons (Fsp3) is 0.125. The van der Waals surface area contributed by atoms with Crippen molar-refractivity contribution in [2.45, 2.75) is 0 Å². The van der Waals surface area contributed by atoms with E-state index < -0.39 is 11.9 Å². The highest BCUT2D eigenvalue weighted by Crippen LogP contribution is 2.13. The maximum Gasteiger partial charge on any atom is 0.356 e. The van der Waals surface area contributed by atoms with Crippen molar-refractivity contribution >= 4 is 27.9 Å². The summed E-state index contributed by atoms with van der Waals surface area (Å²) in [4.78, 5) is 25.0. The third kappa shape index (κ3) is 2.29. The van der Waals surface area contributed by atoms with Crippen LogP contribution in [0.3, 0.4) is 0 Å². The van der Waals surface area contributed by atoms with E-state index in [1.54, 1.807) is 0 Å². The molecule has 6 heteroatoms. The molecule has 0 fully saturated rings. The van der Waals surface area contributed by atoms with Crippen molar-refractivity contribution in [1.29, 1.82) is 0 Å². The van der Waals surface area contributed by atoms with Crippen molar-refractivity contribution in [2.24, 2.45) is 0 Å². The fourth-order valence-corrected chi connectivity index (χ4v) is 1.24. The van der Waals surface area contributed by atoms with Crippen LogP contribution in [0, 0.1) is 0 Å². The molecule has 0 saturated heterocycles. The number of carbonyl (C=O) groups excluding carboxylic acids is 2. The van der Waals surface area contributed by atoms with Gasteiger partial charge in [0, 0.05) is 4.47 Å². The topological polar surface area (TPSA) is 79.3 Å². The van der Waals surface area contributed by atoms with Crippen LogP contribution in [0.5, 0.6) is 0 Å². The molecule has 0 aromatic carbocycles. The zero-order valence-corrected chi connectivity index (χ0v) is 8.70. The van der Waals surface area contributed by atoms with Crippen molar-refractivity contribution in [3.05, 3.63) is 28.0 Å². The van der Waals surface area contributed by atoms with Crippen LogP contribution in [0.2, 0.25) is 0 Å². The summed E-state index contributed by atoms with van der Waals surface area (Å²) in [5.41, 5.74) is -0.402. The Hall–Kier alpha value is -1.43. The fourth-order valence-electron chi connectivity index (χ4n) is 0.811. The molecule has 0 bridgehead atoms. The molecule has 1 aromatic rings. The first-order valence-electron chi connectivity index (χ1n) is 3.52. The largest absolute Gasteiger partial charge is 0.543 e. The maximum atomic E-state index is 11.0. The predicted octanol–water partition coefficient (Wildman–Crippen LogP) is -0.00580. The second kappa shape index (κ2) is 4.19. The molecule has 0 amide bonds. The van der Waals surface area contributed by atoms with Gasteiger partial charge in [-0.15, -0.1) is 0 Å². The minimum Gasteiger partial charge on any atom is -0.543 e. The number of nitrogens with zero attached hydrogens (tertiary/aromatic N) is 1. The van der Waals surface area contributed by atoms with Crippen molar-refractivity contribution < 1.29 is 19.4 Å². The average Bonchev–Trinajstić information content (AvgIpc) is 2.15. The van der Waals surface area contributed by atoms with Crippen molar-refractivity contribution in [3.63, 3.8) is 0 Å². The van der Waals surface area contributed by atoms with Gasteiger partial charge in [0.2, 0.25) is 0 Å². The van der Waals surface area contributed by atoms with Gasteiger partial charge in [-0.3, -0.25) is 0 Å². The normalized spacial score (nSPS) is 9.57. The molecule has 5 nitrogen and oxygen atoms in total. The molecule has 74 valence electrons. The van der Waals surface area contributed by atoms with Crippen LogP contribution < -0.4 is 5.11 Å². The Labute approximate surface area is 87.8 Å². The van der Waals surface area contributed by atoms with Crippen LogP contribution >= 0.6 is 15.9 Å². The first kappa shape index (κ1) is 10.6. The van der Waals surface area contributed by atoms with E-state index in [1.807, 2.05) is 0 Å². The Morgan fingerprint density at radius 1 is 1.43 bits per heavy atom. The molecule has 0 aliphatic heterocycles. The Balaban J connectivity index is 3.20. The molecule has 1 heterocycles. The third-order valence-electron chi connectivity index (χ3n) is 1.39. The molecule has 0 unspecified atom stereocenters. The lowest BCUT2D eigenvalue weighted by Gasteiger charge is -2.04. The molecule has 0 aliphatic rings. The van der Waals surface area contributed by atoms with Crippen LogP contribution in [0.4, 0.5) is 0 Å². The summed E-state index contributed by atoms with van der Waals surface area (Å²) in [6, 6.07) is 2.60. The van der Waals surface area contributed by atoms with Gasteiger partial charge in [-0.05, 0) is 12.1 Å². The number of esters is 1. The summed E-state index contributed by atoms with van der Waals surface area (Å²) < 4.78 is 4.81. The summed E-state index contributed by atoms with van der Waals surface area (Å²) in [6.07, 6.45) is 0. The second-order valence-corrected chi connectivity index (χ2v) is 3.25. The first-order chi connectivity index (χ1) is 6.54. The van der Waals surface area contributed by atoms with Gasteiger partial charge in [0.25, 0.3) is 0 Å². The summed E-state index contributed by atoms with van der Waals surface area (Å²) >= 11 is 3.04. The third-order valence-corrected chi connectivity index (χ3v) is 1.85. The minimum absolute atomic E-state index is 0.0823. The smallest absolute Gasteiger partial charge is 0.356 e. The Kier molecular flexibility index (Phi) is 3.19. The quantitative estimate of drug-likeness (QED) is 0.698. The van der Waals surface area contributed by atoms with E-state index in [0.29, 0.717) is 4.47 Å². The number of aromatic carboxylic acids is 1. The summed E-state index contributed by atoms with van der Waals surface area (Å²) in [5.74, 6) is -2.15. The van der Waals surface area contributed by atoms with E-state index in [9.17, 15) is 14.7 Å². The van der Waals surface area contributed by atoms with Gasteiger partial charge in [-0.1, -0.05) is 15.9 Å². The molecule has 1 rings (SSSR count). The van der Waals surface area contributed by atoms with Gasteiger partial charge >= 0.3 is 5.97 Å². The number of carbonyl (C=O) groups is 2. The number of halogens is 1.